The number of benzene rings is 1. The summed E-state index contributed by atoms with van der Waals surface area (Å²) in [4.78, 5) is 41.8. The van der Waals surface area contributed by atoms with Gasteiger partial charge in [0, 0.05) is 66.7 Å². The standard InChI is InChI=1S/C20H24N4O5/c1-2-23-7-9-24(10-8-23)19(20(28)29)15-12-21-16-4-3-13(11-14(15)16)22-17(25)5-6-18(26)27/h3-6,11-12,19,21H,2,7-10H2,1H3,(H,22,25)(H,26,27)(H,28,29)/b6-5+. The van der Waals surface area contributed by atoms with Gasteiger partial charge in [-0.05, 0) is 24.7 Å². The van der Waals surface area contributed by atoms with Crippen LogP contribution in [0.25, 0.3) is 10.9 Å². The molecule has 1 aromatic carbocycles. The molecule has 9 nitrogen and oxygen atoms in total. The minimum atomic E-state index is -1.21. The van der Waals surface area contributed by atoms with Crippen LogP contribution >= 0.6 is 0 Å². The van der Waals surface area contributed by atoms with Gasteiger partial charge in [-0.2, -0.15) is 0 Å². The summed E-state index contributed by atoms with van der Waals surface area (Å²) in [5.41, 5.74) is 1.85. The number of aromatic amines is 1. The summed E-state index contributed by atoms with van der Waals surface area (Å²) in [5, 5.41) is 21.8. The summed E-state index contributed by atoms with van der Waals surface area (Å²) in [6.45, 7) is 5.99. The number of rotatable bonds is 7. The van der Waals surface area contributed by atoms with Crippen LogP contribution in [0.1, 0.15) is 18.5 Å². The van der Waals surface area contributed by atoms with E-state index >= 15 is 0 Å². The Bertz CT molecular complexity index is 943. The van der Waals surface area contributed by atoms with Gasteiger partial charge in [0.25, 0.3) is 0 Å². The Kier molecular flexibility index (Phi) is 6.30. The summed E-state index contributed by atoms with van der Waals surface area (Å²) < 4.78 is 0. The van der Waals surface area contributed by atoms with Crippen molar-refractivity contribution in [3.8, 4) is 0 Å². The van der Waals surface area contributed by atoms with Crippen LogP contribution in [-0.4, -0.2) is 75.6 Å². The number of carbonyl (C=O) groups is 3. The van der Waals surface area contributed by atoms with Crippen molar-refractivity contribution < 1.29 is 24.6 Å². The lowest BCUT2D eigenvalue weighted by molar-refractivity contribution is -0.144. The zero-order valence-electron chi connectivity index (χ0n) is 16.1. The molecular formula is C20H24N4O5. The van der Waals surface area contributed by atoms with Crippen LogP contribution in [-0.2, 0) is 14.4 Å². The van der Waals surface area contributed by atoms with Gasteiger partial charge in [-0.1, -0.05) is 6.92 Å². The number of amides is 1. The lowest BCUT2D eigenvalue weighted by Crippen LogP contribution is -2.49. The van der Waals surface area contributed by atoms with Gasteiger partial charge in [-0.15, -0.1) is 0 Å². The molecule has 154 valence electrons. The smallest absolute Gasteiger partial charge is 0.328 e. The molecule has 0 saturated carbocycles. The van der Waals surface area contributed by atoms with E-state index < -0.39 is 23.9 Å². The maximum Gasteiger partial charge on any atom is 0.328 e. The molecule has 29 heavy (non-hydrogen) atoms. The number of piperazine rings is 1. The topological polar surface area (TPSA) is 126 Å². The fraction of sp³-hybridized carbons (Fsp3) is 0.350. The molecule has 1 unspecified atom stereocenters. The van der Waals surface area contributed by atoms with E-state index in [0.717, 1.165) is 37.3 Å². The van der Waals surface area contributed by atoms with E-state index in [1.807, 2.05) is 4.90 Å². The monoisotopic (exact) mass is 400 g/mol. The average Bonchev–Trinajstić information content (AvgIpc) is 3.10. The number of carboxylic acids is 2. The molecule has 0 aliphatic carbocycles. The molecule has 1 amide bonds. The summed E-state index contributed by atoms with van der Waals surface area (Å²) in [7, 11) is 0. The number of anilines is 1. The molecule has 4 N–H and O–H groups in total. The number of carbonyl (C=O) groups excluding carboxylic acids is 1. The lowest BCUT2D eigenvalue weighted by atomic mass is 10.0. The van der Waals surface area contributed by atoms with Crippen LogP contribution in [0.5, 0.6) is 0 Å². The number of fused-ring (bicyclic) bond motifs is 1. The van der Waals surface area contributed by atoms with Crippen molar-refractivity contribution in [2.75, 3.05) is 38.0 Å². The first kappa shape index (κ1) is 20.6. The van der Waals surface area contributed by atoms with E-state index in [0.29, 0.717) is 29.7 Å². The Morgan fingerprint density at radius 3 is 2.52 bits per heavy atom. The SMILES string of the molecule is CCN1CCN(C(C(=O)O)c2c[nH]c3ccc(NC(=O)/C=C/C(=O)O)cc23)CC1. The second-order valence-corrected chi connectivity index (χ2v) is 6.88. The van der Waals surface area contributed by atoms with Crippen molar-refractivity contribution in [1.82, 2.24) is 14.8 Å². The van der Waals surface area contributed by atoms with E-state index in [1.165, 1.54) is 0 Å². The second kappa shape index (κ2) is 8.89. The maximum absolute atomic E-state index is 12.1. The Labute approximate surface area is 167 Å². The van der Waals surface area contributed by atoms with Crippen LogP contribution in [0.4, 0.5) is 5.69 Å². The third-order valence-electron chi connectivity index (χ3n) is 5.11. The molecule has 1 atom stereocenters. The molecule has 1 aliphatic heterocycles. The summed E-state index contributed by atoms with van der Waals surface area (Å²) in [6, 6.07) is 4.33. The predicted molar refractivity (Wildman–Crippen MR) is 108 cm³/mol. The molecule has 0 radical (unpaired) electrons. The number of aromatic nitrogens is 1. The van der Waals surface area contributed by atoms with E-state index in [4.69, 9.17) is 5.11 Å². The molecule has 1 saturated heterocycles. The first-order valence-corrected chi connectivity index (χ1v) is 9.41. The first-order chi connectivity index (χ1) is 13.9. The minimum absolute atomic E-state index is 0.457. The highest BCUT2D eigenvalue weighted by Crippen LogP contribution is 2.31. The Morgan fingerprint density at radius 2 is 1.90 bits per heavy atom. The number of likely N-dealkylation sites (N-methyl/N-ethyl adjacent to an activating group) is 1. The number of nitrogens with zero attached hydrogens (tertiary/aromatic N) is 2. The van der Waals surface area contributed by atoms with Crippen LogP contribution in [0.15, 0.2) is 36.5 Å². The molecule has 2 aromatic rings. The summed E-state index contributed by atoms with van der Waals surface area (Å²) in [6.07, 6.45) is 3.38. The van der Waals surface area contributed by atoms with Crippen molar-refractivity contribution in [1.29, 1.82) is 0 Å². The van der Waals surface area contributed by atoms with Gasteiger partial charge in [-0.3, -0.25) is 14.5 Å². The Balaban J connectivity index is 1.87. The van der Waals surface area contributed by atoms with Crippen LogP contribution in [0, 0.1) is 0 Å². The third-order valence-corrected chi connectivity index (χ3v) is 5.11. The van der Waals surface area contributed by atoms with Gasteiger partial charge in [0.2, 0.25) is 5.91 Å². The number of H-pyrrole nitrogens is 1. The molecule has 0 bridgehead atoms. The number of carboxylic acid groups (broad SMARTS) is 2. The molecule has 1 fully saturated rings. The van der Waals surface area contributed by atoms with Crippen molar-refractivity contribution in [2.24, 2.45) is 0 Å². The van der Waals surface area contributed by atoms with Gasteiger partial charge in [-0.25, -0.2) is 4.79 Å². The van der Waals surface area contributed by atoms with Crippen molar-refractivity contribution in [2.45, 2.75) is 13.0 Å². The second-order valence-electron chi connectivity index (χ2n) is 6.88. The summed E-state index contributed by atoms with van der Waals surface area (Å²) >= 11 is 0. The van der Waals surface area contributed by atoms with Crippen LogP contribution < -0.4 is 5.32 Å². The number of hydrogen-bond donors (Lipinski definition) is 4. The van der Waals surface area contributed by atoms with Crippen molar-refractivity contribution in [3.63, 3.8) is 0 Å². The average molecular weight is 400 g/mol. The lowest BCUT2D eigenvalue weighted by Gasteiger charge is -2.37. The summed E-state index contributed by atoms with van der Waals surface area (Å²) in [5.74, 6) is -2.71. The van der Waals surface area contributed by atoms with E-state index in [-0.39, 0.29) is 0 Å². The first-order valence-electron chi connectivity index (χ1n) is 9.41. The highest BCUT2D eigenvalue weighted by molar-refractivity contribution is 6.03. The normalized spacial score (nSPS) is 16.9. The molecule has 1 aliphatic rings. The fourth-order valence-corrected chi connectivity index (χ4v) is 3.60. The van der Waals surface area contributed by atoms with Crippen molar-refractivity contribution in [3.05, 3.63) is 42.1 Å². The number of hydrogen-bond acceptors (Lipinski definition) is 5. The van der Waals surface area contributed by atoms with E-state index in [2.05, 4.69) is 22.1 Å². The van der Waals surface area contributed by atoms with Gasteiger partial charge in [0.05, 0.1) is 0 Å². The molecule has 9 heteroatoms. The fourth-order valence-electron chi connectivity index (χ4n) is 3.60. The zero-order chi connectivity index (χ0) is 21.0. The van der Waals surface area contributed by atoms with Crippen LogP contribution in [0.2, 0.25) is 0 Å². The van der Waals surface area contributed by atoms with E-state index in [1.54, 1.807) is 24.4 Å². The molecular weight excluding hydrogens is 376 g/mol. The molecule has 3 rings (SSSR count). The molecule has 1 aromatic heterocycles. The molecule has 0 spiro atoms. The van der Waals surface area contributed by atoms with Gasteiger partial charge in [0.15, 0.2) is 0 Å². The van der Waals surface area contributed by atoms with Crippen molar-refractivity contribution >= 4 is 34.4 Å². The quantitative estimate of drug-likeness (QED) is 0.519. The molecule has 2 heterocycles. The van der Waals surface area contributed by atoms with Gasteiger partial charge >= 0.3 is 11.9 Å². The third kappa shape index (κ3) is 4.82. The predicted octanol–water partition coefficient (Wildman–Crippen LogP) is 1.51. The number of aliphatic carboxylic acids is 2. The Morgan fingerprint density at radius 1 is 1.17 bits per heavy atom. The zero-order valence-corrected chi connectivity index (χ0v) is 16.1. The highest BCUT2D eigenvalue weighted by atomic mass is 16.4. The van der Waals surface area contributed by atoms with Gasteiger partial charge in [0.1, 0.15) is 6.04 Å². The van der Waals surface area contributed by atoms with Gasteiger partial charge < -0.3 is 25.4 Å². The van der Waals surface area contributed by atoms with E-state index in [9.17, 15) is 19.5 Å². The minimum Gasteiger partial charge on any atom is -0.480 e. The highest BCUT2D eigenvalue weighted by Gasteiger charge is 2.31. The Hall–Kier alpha value is -3.17. The number of nitrogens with one attached hydrogen (secondary N) is 2. The maximum atomic E-state index is 12.1. The largest absolute Gasteiger partial charge is 0.480 e. The van der Waals surface area contributed by atoms with Crippen LogP contribution in [0.3, 0.4) is 0 Å².